The van der Waals surface area contributed by atoms with Crippen molar-refractivity contribution in [2.45, 2.75) is 53.1 Å². The third kappa shape index (κ3) is 2.77. The molecule has 1 aromatic heterocycles. The van der Waals surface area contributed by atoms with E-state index in [1.807, 2.05) is 0 Å². The summed E-state index contributed by atoms with van der Waals surface area (Å²) in [6.07, 6.45) is 4.75. The monoisotopic (exact) mass is 221 g/mol. The molecule has 0 aromatic carbocycles. The molecule has 0 aliphatic heterocycles. The number of imidazole rings is 1. The lowest BCUT2D eigenvalue weighted by Crippen LogP contribution is -2.15. The van der Waals surface area contributed by atoms with Gasteiger partial charge in [-0.25, -0.2) is 4.98 Å². The van der Waals surface area contributed by atoms with Crippen molar-refractivity contribution in [3.63, 3.8) is 0 Å². The zero-order valence-corrected chi connectivity index (χ0v) is 10.8. The molecule has 16 heavy (non-hydrogen) atoms. The summed E-state index contributed by atoms with van der Waals surface area (Å²) in [7, 11) is 0. The van der Waals surface area contributed by atoms with E-state index < -0.39 is 0 Å². The molecule has 3 nitrogen and oxygen atoms in total. The summed E-state index contributed by atoms with van der Waals surface area (Å²) < 4.78 is 2.28. The van der Waals surface area contributed by atoms with Crippen molar-refractivity contribution in [3.05, 3.63) is 11.9 Å². The SMILES string of the molecule is Cc1cn(CC(C)C(C)C)c(NC2CC2)n1. The molecule has 0 amide bonds. The summed E-state index contributed by atoms with van der Waals surface area (Å²) in [4.78, 5) is 4.56. The van der Waals surface area contributed by atoms with Crippen molar-refractivity contribution in [1.82, 2.24) is 9.55 Å². The number of hydrogen-bond acceptors (Lipinski definition) is 2. The van der Waals surface area contributed by atoms with Crippen LogP contribution in [0.4, 0.5) is 5.95 Å². The van der Waals surface area contributed by atoms with E-state index in [0.29, 0.717) is 12.0 Å². The highest BCUT2D eigenvalue weighted by molar-refractivity contribution is 5.32. The van der Waals surface area contributed by atoms with Gasteiger partial charge in [-0.2, -0.15) is 0 Å². The first-order valence-corrected chi connectivity index (χ1v) is 6.36. The number of aryl methyl sites for hydroxylation is 1. The standard InChI is InChI=1S/C13H23N3/c1-9(2)10(3)7-16-8-11(4)14-13(16)15-12-5-6-12/h8-10,12H,5-7H2,1-4H3,(H,14,15). The van der Waals surface area contributed by atoms with Crippen molar-refractivity contribution < 1.29 is 0 Å². The van der Waals surface area contributed by atoms with E-state index in [-0.39, 0.29) is 0 Å². The highest BCUT2D eigenvalue weighted by Gasteiger charge is 2.23. The average molecular weight is 221 g/mol. The molecule has 0 spiro atoms. The van der Waals surface area contributed by atoms with Gasteiger partial charge in [0.15, 0.2) is 0 Å². The molecule has 1 N–H and O–H groups in total. The van der Waals surface area contributed by atoms with Crippen molar-refractivity contribution in [2.75, 3.05) is 5.32 Å². The predicted octanol–water partition coefficient (Wildman–Crippen LogP) is 3.06. The van der Waals surface area contributed by atoms with Crippen molar-refractivity contribution >= 4 is 5.95 Å². The maximum atomic E-state index is 4.56. The molecule has 0 bridgehead atoms. The smallest absolute Gasteiger partial charge is 0.203 e. The molecular formula is C13H23N3. The Morgan fingerprint density at radius 1 is 1.44 bits per heavy atom. The number of aromatic nitrogens is 2. The number of rotatable bonds is 5. The molecule has 1 atom stereocenters. The van der Waals surface area contributed by atoms with Gasteiger partial charge >= 0.3 is 0 Å². The topological polar surface area (TPSA) is 29.9 Å². The molecule has 3 heteroatoms. The van der Waals surface area contributed by atoms with Gasteiger partial charge in [0.05, 0.1) is 5.69 Å². The van der Waals surface area contributed by atoms with E-state index in [1.165, 1.54) is 12.8 Å². The predicted molar refractivity (Wildman–Crippen MR) is 67.6 cm³/mol. The molecule has 1 aliphatic carbocycles. The molecule has 1 heterocycles. The van der Waals surface area contributed by atoms with E-state index >= 15 is 0 Å². The van der Waals surface area contributed by atoms with Gasteiger partial charge in [-0.3, -0.25) is 0 Å². The van der Waals surface area contributed by atoms with Crippen LogP contribution in [0.2, 0.25) is 0 Å². The molecule has 1 unspecified atom stereocenters. The molecule has 1 aliphatic rings. The van der Waals surface area contributed by atoms with E-state index in [4.69, 9.17) is 0 Å². The molecule has 1 saturated carbocycles. The van der Waals surface area contributed by atoms with Gasteiger partial charge in [-0.05, 0) is 31.6 Å². The second-order valence-corrected chi connectivity index (χ2v) is 5.50. The van der Waals surface area contributed by atoms with Crippen LogP contribution in [0.5, 0.6) is 0 Å². The number of anilines is 1. The largest absolute Gasteiger partial charge is 0.353 e. The highest BCUT2D eigenvalue weighted by atomic mass is 15.2. The molecule has 0 saturated heterocycles. The Morgan fingerprint density at radius 3 is 2.69 bits per heavy atom. The van der Waals surface area contributed by atoms with Crippen LogP contribution in [0, 0.1) is 18.8 Å². The minimum atomic E-state index is 0.676. The zero-order chi connectivity index (χ0) is 11.7. The van der Waals surface area contributed by atoms with Gasteiger partial charge in [0.25, 0.3) is 0 Å². The average Bonchev–Trinajstić information content (AvgIpc) is 2.93. The lowest BCUT2D eigenvalue weighted by molar-refractivity contribution is 0.366. The maximum Gasteiger partial charge on any atom is 0.203 e. The minimum Gasteiger partial charge on any atom is -0.353 e. The summed E-state index contributed by atoms with van der Waals surface area (Å²) in [5, 5.41) is 3.50. The molecular weight excluding hydrogens is 198 g/mol. The van der Waals surface area contributed by atoms with Crippen LogP contribution in [0.15, 0.2) is 6.20 Å². The lowest BCUT2D eigenvalue weighted by atomic mass is 9.98. The fourth-order valence-corrected chi connectivity index (χ4v) is 1.73. The summed E-state index contributed by atoms with van der Waals surface area (Å²) in [6.45, 7) is 9.99. The van der Waals surface area contributed by atoms with Crippen LogP contribution in [0.1, 0.15) is 39.3 Å². The van der Waals surface area contributed by atoms with Crippen LogP contribution in [-0.2, 0) is 6.54 Å². The second kappa shape index (κ2) is 4.48. The quantitative estimate of drug-likeness (QED) is 0.828. The molecule has 1 aromatic rings. The van der Waals surface area contributed by atoms with Gasteiger partial charge in [0.1, 0.15) is 0 Å². The van der Waals surface area contributed by atoms with Gasteiger partial charge < -0.3 is 9.88 Å². The number of nitrogens with one attached hydrogen (secondary N) is 1. The Bertz CT molecular complexity index is 350. The van der Waals surface area contributed by atoms with E-state index in [9.17, 15) is 0 Å². The van der Waals surface area contributed by atoms with Crippen LogP contribution in [-0.4, -0.2) is 15.6 Å². The normalized spacial score (nSPS) is 17.8. The first kappa shape index (κ1) is 11.5. The van der Waals surface area contributed by atoms with Gasteiger partial charge in [0.2, 0.25) is 5.95 Å². The first-order valence-electron chi connectivity index (χ1n) is 6.36. The Kier molecular flexibility index (Phi) is 3.22. The number of nitrogens with zero attached hydrogens (tertiary/aromatic N) is 2. The lowest BCUT2D eigenvalue weighted by Gasteiger charge is -2.17. The summed E-state index contributed by atoms with van der Waals surface area (Å²) in [6, 6.07) is 0.676. The zero-order valence-electron chi connectivity index (χ0n) is 10.8. The minimum absolute atomic E-state index is 0.676. The third-order valence-electron chi connectivity index (χ3n) is 3.43. The van der Waals surface area contributed by atoms with Gasteiger partial charge in [-0.1, -0.05) is 20.8 Å². The van der Waals surface area contributed by atoms with Crippen LogP contribution < -0.4 is 5.32 Å². The maximum absolute atomic E-state index is 4.56. The summed E-state index contributed by atoms with van der Waals surface area (Å²) in [5.74, 6) is 2.47. The molecule has 0 radical (unpaired) electrons. The Morgan fingerprint density at radius 2 is 2.12 bits per heavy atom. The third-order valence-corrected chi connectivity index (χ3v) is 3.43. The Balaban J connectivity index is 2.05. The van der Waals surface area contributed by atoms with E-state index in [2.05, 4.69) is 48.8 Å². The van der Waals surface area contributed by atoms with Crippen molar-refractivity contribution in [3.8, 4) is 0 Å². The van der Waals surface area contributed by atoms with Gasteiger partial charge in [0, 0.05) is 18.8 Å². The fourth-order valence-electron chi connectivity index (χ4n) is 1.73. The van der Waals surface area contributed by atoms with Crippen molar-refractivity contribution in [2.24, 2.45) is 11.8 Å². The van der Waals surface area contributed by atoms with E-state index in [1.54, 1.807) is 0 Å². The van der Waals surface area contributed by atoms with E-state index in [0.717, 1.165) is 24.1 Å². The molecule has 2 rings (SSSR count). The number of hydrogen-bond donors (Lipinski definition) is 1. The highest BCUT2D eigenvalue weighted by Crippen LogP contribution is 2.25. The van der Waals surface area contributed by atoms with Crippen LogP contribution >= 0.6 is 0 Å². The molecule has 90 valence electrons. The Hall–Kier alpha value is -0.990. The fraction of sp³-hybridized carbons (Fsp3) is 0.769. The van der Waals surface area contributed by atoms with Crippen LogP contribution in [0.3, 0.4) is 0 Å². The van der Waals surface area contributed by atoms with Crippen LogP contribution in [0.25, 0.3) is 0 Å². The summed E-state index contributed by atoms with van der Waals surface area (Å²) in [5.41, 5.74) is 1.11. The molecule has 1 fully saturated rings. The first-order chi connectivity index (χ1) is 7.56. The second-order valence-electron chi connectivity index (χ2n) is 5.50. The summed E-state index contributed by atoms with van der Waals surface area (Å²) >= 11 is 0. The Labute approximate surface area is 98.3 Å². The van der Waals surface area contributed by atoms with Gasteiger partial charge in [-0.15, -0.1) is 0 Å². The van der Waals surface area contributed by atoms with Crippen molar-refractivity contribution in [1.29, 1.82) is 0 Å².